The van der Waals surface area contributed by atoms with Crippen molar-refractivity contribution in [1.82, 2.24) is 24.5 Å². The zero-order valence-electron chi connectivity index (χ0n) is 14.9. The van der Waals surface area contributed by atoms with Gasteiger partial charge in [-0.25, -0.2) is 9.37 Å². The average molecular weight is 363 g/mol. The largest absolute Gasteiger partial charge is 0.368 e. The van der Waals surface area contributed by atoms with Crippen molar-refractivity contribution >= 4 is 22.9 Å². The molecule has 7 nitrogen and oxygen atoms in total. The first kappa shape index (κ1) is 16.9. The van der Waals surface area contributed by atoms with Crippen LogP contribution in [0.2, 0.25) is 0 Å². The summed E-state index contributed by atoms with van der Waals surface area (Å²) in [5.74, 6) is 1.43. The van der Waals surface area contributed by atoms with Gasteiger partial charge in [0.2, 0.25) is 11.9 Å². The number of nitrogens with zero attached hydrogens (tertiary/aromatic N) is 5. The SMILES string of the molecule is Cc1nc(N)nc(N[C@@H](C)c2nc3ccc(F)cc3n2-c2ccccc2)n1. The van der Waals surface area contributed by atoms with Crippen LogP contribution >= 0.6 is 0 Å². The fourth-order valence-electron chi connectivity index (χ4n) is 3.03. The van der Waals surface area contributed by atoms with Crippen molar-refractivity contribution in [2.75, 3.05) is 11.1 Å². The lowest BCUT2D eigenvalue weighted by Crippen LogP contribution is -2.16. The van der Waals surface area contributed by atoms with E-state index >= 15 is 0 Å². The summed E-state index contributed by atoms with van der Waals surface area (Å²) in [6, 6.07) is 14.0. The second kappa shape index (κ2) is 6.64. The van der Waals surface area contributed by atoms with Crippen LogP contribution in [-0.4, -0.2) is 24.5 Å². The van der Waals surface area contributed by atoms with Gasteiger partial charge in [-0.3, -0.25) is 4.57 Å². The molecular formula is C19H18FN7. The van der Waals surface area contributed by atoms with Crippen molar-refractivity contribution in [3.8, 4) is 5.69 Å². The van der Waals surface area contributed by atoms with E-state index in [1.807, 2.05) is 41.8 Å². The number of hydrogen-bond donors (Lipinski definition) is 2. The number of nitrogens with one attached hydrogen (secondary N) is 1. The summed E-state index contributed by atoms with van der Waals surface area (Å²) < 4.78 is 15.8. The van der Waals surface area contributed by atoms with E-state index in [-0.39, 0.29) is 17.8 Å². The smallest absolute Gasteiger partial charge is 0.228 e. The van der Waals surface area contributed by atoms with Gasteiger partial charge in [-0.15, -0.1) is 0 Å². The third-order valence-electron chi connectivity index (χ3n) is 4.15. The van der Waals surface area contributed by atoms with Crippen LogP contribution in [0.5, 0.6) is 0 Å². The summed E-state index contributed by atoms with van der Waals surface area (Å²) in [7, 11) is 0. The van der Waals surface area contributed by atoms with Crippen molar-refractivity contribution in [3.05, 3.63) is 66.0 Å². The third-order valence-corrected chi connectivity index (χ3v) is 4.15. The molecule has 2 aromatic heterocycles. The molecule has 3 N–H and O–H groups in total. The number of anilines is 2. The van der Waals surface area contributed by atoms with Gasteiger partial charge >= 0.3 is 0 Å². The molecule has 0 aliphatic carbocycles. The predicted octanol–water partition coefficient (Wildman–Crippen LogP) is 3.41. The first-order valence-electron chi connectivity index (χ1n) is 8.49. The molecule has 0 spiro atoms. The summed E-state index contributed by atoms with van der Waals surface area (Å²) in [6.07, 6.45) is 0. The van der Waals surface area contributed by atoms with E-state index in [0.717, 1.165) is 5.69 Å². The number of para-hydroxylation sites is 1. The highest BCUT2D eigenvalue weighted by molar-refractivity contribution is 5.78. The minimum Gasteiger partial charge on any atom is -0.368 e. The summed E-state index contributed by atoms with van der Waals surface area (Å²) in [4.78, 5) is 17.1. The molecule has 0 unspecified atom stereocenters. The molecular weight excluding hydrogens is 345 g/mol. The highest BCUT2D eigenvalue weighted by Gasteiger charge is 2.19. The second-order valence-corrected chi connectivity index (χ2v) is 6.20. The molecule has 4 rings (SSSR count). The highest BCUT2D eigenvalue weighted by atomic mass is 19.1. The van der Waals surface area contributed by atoms with E-state index < -0.39 is 0 Å². The molecule has 2 heterocycles. The number of aromatic nitrogens is 5. The third kappa shape index (κ3) is 3.29. The number of rotatable bonds is 4. The lowest BCUT2D eigenvalue weighted by molar-refractivity contribution is 0.629. The van der Waals surface area contributed by atoms with Gasteiger partial charge in [-0.2, -0.15) is 15.0 Å². The number of aryl methyl sites for hydroxylation is 1. The standard InChI is InChI=1S/C19H18FN7/c1-11(22-19-24-12(2)23-18(21)26-19)17-25-15-9-8-13(20)10-16(15)27(17)14-6-4-3-5-7-14/h3-11H,1-2H3,(H3,21,22,23,24,26)/t11-/m0/s1. The monoisotopic (exact) mass is 363 g/mol. The topological polar surface area (TPSA) is 94.5 Å². The molecule has 0 saturated heterocycles. The zero-order chi connectivity index (χ0) is 19.0. The molecule has 4 aromatic rings. The van der Waals surface area contributed by atoms with E-state index in [1.54, 1.807) is 13.0 Å². The minimum atomic E-state index is -0.312. The normalized spacial score (nSPS) is 12.3. The molecule has 0 fully saturated rings. The van der Waals surface area contributed by atoms with Crippen molar-refractivity contribution in [2.45, 2.75) is 19.9 Å². The van der Waals surface area contributed by atoms with Crippen molar-refractivity contribution in [3.63, 3.8) is 0 Å². The Labute approximate surface area is 155 Å². The fourth-order valence-corrected chi connectivity index (χ4v) is 3.03. The minimum absolute atomic E-state index is 0.149. The molecule has 0 radical (unpaired) electrons. The van der Waals surface area contributed by atoms with Gasteiger partial charge in [-0.05, 0) is 38.1 Å². The number of halogens is 1. The lowest BCUT2D eigenvalue weighted by atomic mass is 10.2. The van der Waals surface area contributed by atoms with Gasteiger partial charge in [0.25, 0.3) is 0 Å². The second-order valence-electron chi connectivity index (χ2n) is 6.20. The lowest BCUT2D eigenvalue weighted by Gasteiger charge is -2.16. The molecule has 0 aliphatic heterocycles. The predicted molar refractivity (Wildman–Crippen MR) is 102 cm³/mol. The summed E-state index contributed by atoms with van der Waals surface area (Å²) >= 11 is 0. The molecule has 27 heavy (non-hydrogen) atoms. The Hall–Kier alpha value is -3.55. The van der Waals surface area contributed by atoms with E-state index in [9.17, 15) is 4.39 Å². The molecule has 8 heteroatoms. The van der Waals surface area contributed by atoms with E-state index in [2.05, 4.69) is 20.3 Å². The van der Waals surface area contributed by atoms with Crippen LogP contribution < -0.4 is 11.1 Å². The number of hydrogen-bond acceptors (Lipinski definition) is 6. The van der Waals surface area contributed by atoms with Crippen LogP contribution in [-0.2, 0) is 0 Å². The van der Waals surface area contributed by atoms with Crippen LogP contribution in [0.1, 0.15) is 24.6 Å². The molecule has 0 bridgehead atoms. The maximum Gasteiger partial charge on any atom is 0.228 e. The van der Waals surface area contributed by atoms with Gasteiger partial charge in [0.15, 0.2) is 0 Å². The number of nitrogen functional groups attached to an aromatic ring is 1. The van der Waals surface area contributed by atoms with Crippen molar-refractivity contribution in [1.29, 1.82) is 0 Å². The van der Waals surface area contributed by atoms with Gasteiger partial charge in [-0.1, -0.05) is 18.2 Å². The Morgan fingerprint density at radius 1 is 1.04 bits per heavy atom. The molecule has 2 aromatic carbocycles. The molecule has 136 valence electrons. The van der Waals surface area contributed by atoms with Gasteiger partial charge in [0.1, 0.15) is 17.5 Å². The number of fused-ring (bicyclic) bond motifs is 1. The number of benzene rings is 2. The Morgan fingerprint density at radius 2 is 1.81 bits per heavy atom. The zero-order valence-corrected chi connectivity index (χ0v) is 14.9. The van der Waals surface area contributed by atoms with Crippen molar-refractivity contribution < 1.29 is 4.39 Å². The fraction of sp³-hybridized carbons (Fsp3) is 0.158. The van der Waals surface area contributed by atoms with Crippen LogP contribution in [0.15, 0.2) is 48.5 Å². The molecule has 0 saturated carbocycles. The Balaban J connectivity index is 1.83. The maximum atomic E-state index is 13.9. The van der Waals surface area contributed by atoms with Crippen LogP contribution in [0.3, 0.4) is 0 Å². The van der Waals surface area contributed by atoms with E-state index in [0.29, 0.717) is 28.6 Å². The Kier molecular flexibility index (Phi) is 4.15. The average Bonchev–Trinajstić information content (AvgIpc) is 3.00. The Bertz CT molecular complexity index is 1090. The highest BCUT2D eigenvalue weighted by Crippen LogP contribution is 2.27. The van der Waals surface area contributed by atoms with Crippen LogP contribution in [0, 0.1) is 12.7 Å². The van der Waals surface area contributed by atoms with E-state index in [4.69, 9.17) is 10.7 Å². The molecule has 1 atom stereocenters. The quantitative estimate of drug-likeness (QED) is 0.577. The van der Waals surface area contributed by atoms with Gasteiger partial charge in [0, 0.05) is 11.8 Å². The maximum absolute atomic E-state index is 13.9. The van der Waals surface area contributed by atoms with E-state index in [1.165, 1.54) is 12.1 Å². The van der Waals surface area contributed by atoms with Gasteiger partial charge in [0.05, 0.1) is 17.1 Å². The number of nitrogens with two attached hydrogens (primary N) is 1. The first-order chi connectivity index (χ1) is 13.0. The Morgan fingerprint density at radius 3 is 2.56 bits per heavy atom. The summed E-state index contributed by atoms with van der Waals surface area (Å²) in [5.41, 5.74) is 7.99. The van der Waals surface area contributed by atoms with Crippen LogP contribution in [0.25, 0.3) is 16.7 Å². The first-order valence-corrected chi connectivity index (χ1v) is 8.49. The molecule has 0 aliphatic rings. The van der Waals surface area contributed by atoms with Gasteiger partial charge < -0.3 is 11.1 Å². The molecule has 0 amide bonds. The number of imidazole rings is 1. The summed E-state index contributed by atoms with van der Waals surface area (Å²) in [6.45, 7) is 3.68. The summed E-state index contributed by atoms with van der Waals surface area (Å²) in [5, 5.41) is 3.21. The van der Waals surface area contributed by atoms with Crippen molar-refractivity contribution in [2.24, 2.45) is 0 Å². The van der Waals surface area contributed by atoms with Crippen LogP contribution in [0.4, 0.5) is 16.3 Å².